The van der Waals surface area contributed by atoms with Crippen LogP contribution < -0.4 is 16.2 Å². The highest BCUT2D eigenvalue weighted by molar-refractivity contribution is 5.86. The number of aromatic nitrogens is 4. The summed E-state index contributed by atoms with van der Waals surface area (Å²) >= 11 is 0. The van der Waals surface area contributed by atoms with Crippen LogP contribution in [0.5, 0.6) is 5.75 Å². The van der Waals surface area contributed by atoms with Gasteiger partial charge in [-0.25, -0.2) is 15.0 Å². The van der Waals surface area contributed by atoms with Gasteiger partial charge in [0.05, 0.1) is 10.9 Å². The van der Waals surface area contributed by atoms with Gasteiger partial charge < -0.3 is 35.7 Å². The molecule has 0 amide bonds. The van der Waals surface area contributed by atoms with Crippen LogP contribution in [0.15, 0.2) is 48.9 Å². The van der Waals surface area contributed by atoms with Crippen molar-refractivity contribution in [3.63, 3.8) is 0 Å². The van der Waals surface area contributed by atoms with Crippen LogP contribution >= 0.6 is 0 Å². The van der Waals surface area contributed by atoms with E-state index in [1.54, 1.807) is 35.0 Å². The molecule has 1 saturated heterocycles. The molecule has 0 bridgehead atoms. The van der Waals surface area contributed by atoms with Gasteiger partial charge in [-0.05, 0) is 30.3 Å². The highest BCUT2D eigenvalue weighted by Crippen LogP contribution is 2.33. The molecule has 10 heteroatoms. The summed E-state index contributed by atoms with van der Waals surface area (Å²) < 4.78 is 13.3. The van der Waals surface area contributed by atoms with E-state index in [1.165, 1.54) is 6.33 Å². The number of nitrogens with zero attached hydrogens (tertiary/aromatic N) is 4. The lowest BCUT2D eigenvalue weighted by Gasteiger charge is -2.17. The molecule has 5 rings (SSSR count). The maximum atomic E-state index is 10.5. The monoisotopic (exact) mass is 408 g/mol. The summed E-state index contributed by atoms with van der Waals surface area (Å²) in [5, 5.41) is 22.6. The predicted molar refractivity (Wildman–Crippen MR) is 110 cm³/mol. The standard InChI is InChI=1S/C20H20N6O4/c21-15-4-2-10-1-3-11(7-13(10)25-15)29-8-14-16(27)17(28)20(30-14)26-6-5-12-18(22)23-9-24-19(12)26/h1-7,9,14,16-17,20,27-28H,8H2,(H2,21,25)(H2,22,23,24)/t14?,16-,17-,20+/m1/s1. The van der Waals surface area contributed by atoms with Gasteiger partial charge in [-0.15, -0.1) is 0 Å². The number of fused-ring (bicyclic) bond motifs is 2. The Morgan fingerprint density at radius 1 is 1.07 bits per heavy atom. The Morgan fingerprint density at radius 2 is 1.90 bits per heavy atom. The van der Waals surface area contributed by atoms with E-state index < -0.39 is 24.5 Å². The van der Waals surface area contributed by atoms with Crippen molar-refractivity contribution in [1.29, 1.82) is 0 Å². The van der Waals surface area contributed by atoms with E-state index in [1.807, 2.05) is 12.1 Å². The zero-order chi connectivity index (χ0) is 20.8. The third kappa shape index (κ3) is 3.07. The smallest absolute Gasteiger partial charge is 0.164 e. The Kier molecular flexibility index (Phi) is 4.39. The Hall–Kier alpha value is -3.47. The predicted octanol–water partition coefficient (Wildman–Crippen LogP) is 0.842. The highest BCUT2D eigenvalue weighted by Gasteiger charge is 2.44. The lowest BCUT2D eigenvalue weighted by atomic mass is 10.1. The van der Waals surface area contributed by atoms with Gasteiger partial charge in [0.15, 0.2) is 6.23 Å². The third-order valence-corrected chi connectivity index (χ3v) is 5.25. The summed E-state index contributed by atoms with van der Waals surface area (Å²) in [5.41, 5.74) is 12.8. The van der Waals surface area contributed by atoms with Gasteiger partial charge in [0, 0.05) is 17.6 Å². The van der Waals surface area contributed by atoms with Gasteiger partial charge in [0.1, 0.15) is 54.3 Å². The number of anilines is 2. The molecule has 30 heavy (non-hydrogen) atoms. The van der Waals surface area contributed by atoms with Crippen LogP contribution in [0.25, 0.3) is 21.9 Å². The van der Waals surface area contributed by atoms with Crippen molar-refractivity contribution >= 4 is 33.6 Å². The van der Waals surface area contributed by atoms with E-state index in [0.717, 1.165) is 5.39 Å². The van der Waals surface area contributed by atoms with Crippen LogP contribution in [0.3, 0.4) is 0 Å². The van der Waals surface area contributed by atoms with Crippen LogP contribution in [0, 0.1) is 0 Å². The minimum absolute atomic E-state index is 0.0405. The lowest BCUT2D eigenvalue weighted by Crippen LogP contribution is -2.34. The van der Waals surface area contributed by atoms with E-state index in [-0.39, 0.29) is 6.61 Å². The highest BCUT2D eigenvalue weighted by atomic mass is 16.6. The quantitative estimate of drug-likeness (QED) is 0.384. The first-order valence-corrected chi connectivity index (χ1v) is 9.39. The lowest BCUT2D eigenvalue weighted by molar-refractivity contribution is -0.0471. The first-order valence-electron chi connectivity index (χ1n) is 9.39. The summed E-state index contributed by atoms with van der Waals surface area (Å²) in [6.07, 6.45) is -0.847. The second-order valence-corrected chi connectivity index (χ2v) is 7.17. The first kappa shape index (κ1) is 18.6. The van der Waals surface area contributed by atoms with E-state index in [9.17, 15) is 10.2 Å². The van der Waals surface area contributed by atoms with Crippen molar-refractivity contribution in [2.24, 2.45) is 0 Å². The maximum absolute atomic E-state index is 10.5. The zero-order valence-corrected chi connectivity index (χ0v) is 15.8. The van der Waals surface area contributed by atoms with E-state index in [2.05, 4.69) is 15.0 Å². The van der Waals surface area contributed by atoms with Gasteiger partial charge in [0.2, 0.25) is 0 Å². The Labute approximate surface area is 170 Å². The van der Waals surface area contributed by atoms with Crippen LogP contribution in [0.2, 0.25) is 0 Å². The van der Waals surface area contributed by atoms with Crippen molar-refractivity contribution in [3.05, 3.63) is 48.9 Å². The number of aliphatic hydroxyl groups excluding tert-OH is 2. The summed E-state index contributed by atoms with van der Waals surface area (Å²) in [7, 11) is 0. The molecule has 4 atom stereocenters. The molecule has 6 N–H and O–H groups in total. The van der Waals surface area contributed by atoms with Gasteiger partial charge in [-0.1, -0.05) is 0 Å². The fourth-order valence-electron chi connectivity index (χ4n) is 3.67. The van der Waals surface area contributed by atoms with E-state index in [4.69, 9.17) is 20.9 Å². The number of benzene rings is 1. The molecule has 0 radical (unpaired) electrons. The number of nitrogens with two attached hydrogens (primary N) is 2. The maximum Gasteiger partial charge on any atom is 0.164 e. The molecule has 154 valence electrons. The molecule has 4 heterocycles. The molecule has 1 aliphatic heterocycles. The SMILES string of the molecule is Nc1ccc2ccc(OCC3O[C@H](n4ccc5c(N)ncnc54)[C@H](O)[C@@H]3O)cc2n1. The fraction of sp³-hybridized carbons (Fsp3) is 0.250. The molecule has 1 aromatic carbocycles. The van der Waals surface area contributed by atoms with Crippen molar-refractivity contribution in [2.75, 3.05) is 18.1 Å². The zero-order valence-electron chi connectivity index (χ0n) is 15.8. The number of rotatable bonds is 4. The largest absolute Gasteiger partial charge is 0.491 e. The van der Waals surface area contributed by atoms with E-state index in [0.29, 0.717) is 33.9 Å². The molecule has 4 aromatic rings. The molecule has 0 saturated carbocycles. The second-order valence-electron chi connectivity index (χ2n) is 7.17. The van der Waals surface area contributed by atoms with Crippen molar-refractivity contribution in [2.45, 2.75) is 24.5 Å². The van der Waals surface area contributed by atoms with Crippen molar-refractivity contribution in [3.8, 4) is 5.75 Å². The number of hydrogen-bond acceptors (Lipinski definition) is 9. The molecule has 10 nitrogen and oxygen atoms in total. The molecular weight excluding hydrogens is 388 g/mol. The van der Waals surface area contributed by atoms with Crippen molar-refractivity contribution in [1.82, 2.24) is 19.5 Å². The summed E-state index contributed by atoms with van der Waals surface area (Å²) in [6.45, 7) is 0.0405. The Balaban J connectivity index is 1.34. The first-order chi connectivity index (χ1) is 14.5. The molecule has 1 aliphatic rings. The molecule has 0 spiro atoms. The average molecular weight is 408 g/mol. The molecular formula is C20H20N6O4. The van der Waals surface area contributed by atoms with Gasteiger partial charge >= 0.3 is 0 Å². The summed E-state index contributed by atoms with van der Waals surface area (Å²) in [6, 6.07) is 10.8. The van der Waals surface area contributed by atoms with Crippen LogP contribution in [-0.4, -0.2) is 54.7 Å². The molecule has 1 unspecified atom stereocenters. The second kappa shape index (κ2) is 7.10. The van der Waals surface area contributed by atoms with Crippen LogP contribution in [0.1, 0.15) is 6.23 Å². The van der Waals surface area contributed by atoms with Crippen LogP contribution in [-0.2, 0) is 4.74 Å². The number of pyridine rings is 1. The number of nitrogen functional groups attached to an aromatic ring is 2. The molecule has 0 aliphatic carbocycles. The minimum atomic E-state index is -1.16. The molecule has 1 fully saturated rings. The van der Waals surface area contributed by atoms with Gasteiger partial charge in [-0.2, -0.15) is 0 Å². The number of hydrogen-bond donors (Lipinski definition) is 4. The topological polar surface area (TPSA) is 155 Å². The summed E-state index contributed by atoms with van der Waals surface area (Å²) in [5.74, 6) is 1.31. The Bertz CT molecular complexity index is 1230. The number of ether oxygens (including phenoxy) is 2. The summed E-state index contributed by atoms with van der Waals surface area (Å²) in [4.78, 5) is 12.4. The minimum Gasteiger partial charge on any atom is -0.491 e. The van der Waals surface area contributed by atoms with Gasteiger partial charge in [0.25, 0.3) is 0 Å². The van der Waals surface area contributed by atoms with Gasteiger partial charge in [-0.3, -0.25) is 0 Å². The fourth-order valence-corrected chi connectivity index (χ4v) is 3.67. The average Bonchev–Trinajstić information content (AvgIpc) is 3.29. The Morgan fingerprint density at radius 3 is 2.77 bits per heavy atom. The third-order valence-electron chi connectivity index (χ3n) is 5.25. The van der Waals surface area contributed by atoms with Crippen LogP contribution in [0.4, 0.5) is 11.6 Å². The molecule has 3 aromatic heterocycles. The number of aliphatic hydroxyl groups is 2. The van der Waals surface area contributed by atoms with E-state index >= 15 is 0 Å². The normalized spacial score (nSPS) is 23.9. The van der Waals surface area contributed by atoms with Crippen molar-refractivity contribution < 1.29 is 19.7 Å².